The van der Waals surface area contributed by atoms with Gasteiger partial charge in [0.05, 0.1) is 0 Å². The Kier molecular flexibility index (Phi) is 4.14. The predicted octanol–water partition coefficient (Wildman–Crippen LogP) is 4.38. The molecule has 0 aliphatic carbocycles. The van der Waals surface area contributed by atoms with Gasteiger partial charge in [-0.3, -0.25) is 0 Å². The molecule has 0 radical (unpaired) electrons. The summed E-state index contributed by atoms with van der Waals surface area (Å²) in [5.41, 5.74) is 6.85. The summed E-state index contributed by atoms with van der Waals surface area (Å²) in [6, 6.07) is 14.6. The van der Waals surface area contributed by atoms with Crippen LogP contribution in [-0.4, -0.2) is 22.6 Å². The fourth-order valence-electron chi connectivity index (χ4n) is 3.44. The van der Waals surface area contributed by atoms with E-state index in [2.05, 4.69) is 33.9 Å². The van der Waals surface area contributed by atoms with Crippen LogP contribution in [0.2, 0.25) is 0 Å². The Morgan fingerprint density at radius 1 is 1.08 bits per heavy atom. The molecule has 1 aliphatic heterocycles. The summed E-state index contributed by atoms with van der Waals surface area (Å²) < 4.78 is 5.98. The Hall–Kier alpha value is -2.82. The van der Waals surface area contributed by atoms with Gasteiger partial charge < -0.3 is 15.4 Å². The number of ether oxygens (including phenoxy) is 1. The Morgan fingerprint density at radius 3 is 2.76 bits per heavy atom. The van der Waals surface area contributed by atoms with E-state index in [1.165, 1.54) is 18.1 Å². The molecule has 1 aromatic heterocycles. The highest BCUT2D eigenvalue weighted by Crippen LogP contribution is 2.34. The molecule has 1 saturated heterocycles. The van der Waals surface area contributed by atoms with E-state index in [1.807, 2.05) is 30.3 Å². The zero-order valence-corrected chi connectivity index (χ0v) is 14.4. The molecule has 2 N–H and O–H groups in total. The predicted molar refractivity (Wildman–Crippen MR) is 101 cm³/mol. The molecule has 1 fully saturated rings. The first kappa shape index (κ1) is 15.7. The molecule has 25 heavy (non-hydrogen) atoms. The number of fused-ring (bicyclic) bond motifs is 1. The van der Waals surface area contributed by atoms with Crippen LogP contribution in [0, 0.1) is 0 Å². The van der Waals surface area contributed by atoms with E-state index in [0.29, 0.717) is 17.6 Å². The van der Waals surface area contributed by atoms with Gasteiger partial charge in [0.2, 0.25) is 5.88 Å². The molecule has 0 bridgehead atoms. The molecule has 4 rings (SSSR count). The third-order valence-electron chi connectivity index (χ3n) is 4.84. The van der Waals surface area contributed by atoms with Crippen molar-refractivity contribution in [3.05, 3.63) is 48.8 Å². The maximum Gasteiger partial charge on any atom is 0.248 e. The van der Waals surface area contributed by atoms with Crippen LogP contribution in [0.4, 0.5) is 11.5 Å². The van der Waals surface area contributed by atoms with E-state index < -0.39 is 0 Å². The lowest BCUT2D eigenvalue weighted by Gasteiger charge is -2.35. The number of benzene rings is 2. The highest BCUT2D eigenvalue weighted by Gasteiger charge is 2.23. The van der Waals surface area contributed by atoms with Gasteiger partial charge in [-0.2, -0.15) is 4.98 Å². The van der Waals surface area contributed by atoms with Crippen LogP contribution in [0.15, 0.2) is 48.8 Å². The van der Waals surface area contributed by atoms with Crippen LogP contribution in [0.5, 0.6) is 11.6 Å². The van der Waals surface area contributed by atoms with Gasteiger partial charge in [0.1, 0.15) is 17.8 Å². The van der Waals surface area contributed by atoms with Gasteiger partial charge in [-0.1, -0.05) is 30.3 Å². The van der Waals surface area contributed by atoms with Gasteiger partial charge in [-0.05, 0) is 49.1 Å². The first-order valence-electron chi connectivity index (χ1n) is 8.76. The Balaban J connectivity index is 1.64. The number of piperidine rings is 1. The van der Waals surface area contributed by atoms with Crippen LogP contribution >= 0.6 is 0 Å². The molecule has 0 spiro atoms. The SMILES string of the molecule is CC1CCCCN1c1ncnc(Oc2ccc3ccccc3c2)c1N. The summed E-state index contributed by atoms with van der Waals surface area (Å²) >= 11 is 0. The highest BCUT2D eigenvalue weighted by molar-refractivity contribution is 5.84. The van der Waals surface area contributed by atoms with Crippen molar-refractivity contribution in [1.29, 1.82) is 0 Å². The highest BCUT2D eigenvalue weighted by atomic mass is 16.5. The molecule has 2 heterocycles. The van der Waals surface area contributed by atoms with Gasteiger partial charge in [0.25, 0.3) is 0 Å². The standard InChI is InChI=1S/C20H22N4O/c1-14-6-4-5-11-24(14)19-18(21)20(23-13-22-19)25-17-10-9-15-7-2-3-8-16(15)12-17/h2-3,7-10,12-14H,4-6,11,21H2,1H3. The van der Waals surface area contributed by atoms with Gasteiger partial charge in [-0.15, -0.1) is 0 Å². The number of hydrogen-bond acceptors (Lipinski definition) is 5. The average Bonchev–Trinajstić information content (AvgIpc) is 2.64. The number of aromatic nitrogens is 2. The molecule has 5 heteroatoms. The van der Waals surface area contributed by atoms with Crippen molar-refractivity contribution in [2.75, 3.05) is 17.2 Å². The van der Waals surface area contributed by atoms with E-state index >= 15 is 0 Å². The lowest BCUT2D eigenvalue weighted by molar-refractivity contribution is 0.459. The number of rotatable bonds is 3. The summed E-state index contributed by atoms with van der Waals surface area (Å²) in [6.07, 6.45) is 5.10. The average molecular weight is 334 g/mol. The maximum absolute atomic E-state index is 6.35. The third-order valence-corrected chi connectivity index (χ3v) is 4.84. The van der Waals surface area contributed by atoms with Gasteiger partial charge in [0.15, 0.2) is 5.82 Å². The summed E-state index contributed by atoms with van der Waals surface area (Å²) in [4.78, 5) is 10.9. The van der Waals surface area contributed by atoms with Crippen molar-refractivity contribution in [1.82, 2.24) is 9.97 Å². The minimum Gasteiger partial charge on any atom is -0.437 e. The largest absolute Gasteiger partial charge is 0.437 e. The Bertz CT molecular complexity index is 896. The third kappa shape index (κ3) is 3.09. The molecule has 1 aliphatic rings. The topological polar surface area (TPSA) is 64.3 Å². The smallest absolute Gasteiger partial charge is 0.248 e. The van der Waals surface area contributed by atoms with Crippen LogP contribution in [0.25, 0.3) is 10.8 Å². The normalized spacial score (nSPS) is 17.6. The molecule has 128 valence electrons. The van der Waals surface area contributed by atoms with Crippen molar-refractivity contribution in [2.24, 2.45) is 0 Å². The lowest BCUT2D eigenvalue weighted by atomic mass is 10.0. The van der Waals surface area contributed by atoms with Crippen LogP contribution in [0.1, 0.15) is 26.2 Å². The summed E-state index contributed by atoms with van der Waals surface area (Å²) in [5.74, 6) is 1.91. The zero-order valence-electron chi connectivity index (χ0n) is 14.4. The Labute approximate surface area is 147 Å². The Morgan fingerprint density at radius 2 is 1.92 bits per heavy atom. The van der Waals surface area contributed by atoms with Crippen molar-refractivity contribution in [3.8, 4) is 11.6 Å². The van der Waals surface area contributed by atoms with Crippen molar-refractivity contribution < 1.29 is 4.74 Å². The van der Waals surface area contributed by atoms with Gasteiger partial charge in [0, 0.05) is 12.6 Å². The molecule has 0 amide bonds. The summed E-state index contributed by atoms with van der Waals surface area (Å²) in [7, 11) is 0. The monoisotopic (exact) mass is 334 g/mol. The van der Waals surface area contributed by atoms with Crippen molar-refractivity contribution in [3.63, 3.8) is 0 Å². The minimum atomic E-state index is 0.415. The van der Waals surface area contributed by atoms with E-state index in [0.717, 1.165) is 36.3 Å². The fraction of sp³-hybridized carbons (Fsp3) is 0.300. The maximum atomic E-state index is 6.35. The molecule has 5 nitrogen and oxygen atoms in total. The van der Waals surface area contributed by atoms with Crippen molar-refractivity contribution in [2.45, 2.75) is 32.2 Å². The van der Waals surface area contributed by atoms with E-state index in [9.17, 15) is 0 Å². The number of hydrogen-bond donors (Lipinski definition) is 1. The van der Waals surface area contributed by atoms with Crippen LogP contribution < -0.4 is 15.4 Å². The lowest BCUT2D eigenvalue weighted by Crippen LogP contribution is -2.38. The minimum absolute atomic E-state index is 0.415. The second-order valence-electron chi connectivity index (χ2n) is 6.57. The second-order valence-corrected chi connectivity index (χ2v) is 6.57. The number of nitrogen functional groups attached to an aromatic ring is 1. The molecule has 3 aromatic rings. The fourth-order valence-corrected chi connectivity index (χ4v) is 3.44. The zero-order chi connectivity index (χ0) is 17.2. The number of nitrogens with zero attached hydrogens (tertiary/aromatic N) is 3. The van der Waals surface area contributed by atoms with Gasteiger partial charge >= 0.3 is 0 Å². The van der Waals surface area contributed by atoms with Crippen molar-refractivity contribution >= 4 is 22.3 Å². The quantitative estimate of drug-likeness (QED) is 0.770. The molecule has 1 atom stereocenters. The summed E-state index contributed by atoms with van der Waals surface area (Å²) in [5, 5.41) is 2.30. The second kappa shape index (κ2) is 6.59. The molecule has 2 aromatic carbocycles. The molecule has 0 saturated carbocycles. The number of anilines is 2. The van der Waals surface area contributed by atoms with Gasteiger partial charge in [-0.25, -0.2) is 4.98 Å². The van der Waals surface area contributed by atoms with E-state index in [1.54, 1.807) is 0 Å². The van der Waals surface area contributed by atoms with Crippen LogP contribution in [0.3, 0.4) is 0 Å². The molecule has 1 unspecified atom stereocenters. The van der Waals surface area contributed by atoms with Crippen LogP contribution in [-0.2, 0) is 0 Å². The first-order chi connectivity index (χ1) is 12.2. The first-order valence-corrected chi connectivity index (χ1v) is 8.76. The van der Waals surface area contributed by atoms with E-state index in [-0.39, 0.29) is 0 Å². The molecular weight excluding hydrogens is 312 g/mol. The number of nitrogens with two attached hydrogens (primary N) is 1. The molecular formula is C20H22N4O. The van der Waals surface area contributed by atoms with E-state index in [4.69, 9.17) is 10.5 Å². The summed E-state index contributed by atoms with van der Waals surface area (Å²) in [6.45, 7) is 3.18.